The first-order valence-electron chi connectivity index (χ1n) is 11.3. The minimum atomic E-state index is -1.10. The zero-order valence-corrected chi connectivity index (χ0v) is 21.0. The maximum Gasteiger partial charge on any atom is 0.375 e. The number of hydrogen-bond donors (Lipinski definition) is 0. The molecule has 0 aromatic carbocycles. The van der Waals surface area contributed by atoms with E-state index in [1.165, 1.54) is 6.07 Å². The van der Waals surface area contributed by atoms with Gasteiger partial charge in [0.25, 0.3) is 0 Å². The lowest BCUT2D eigenvalue weighted by molar-refractivity contribution is -0.152. The number of rotatable bonds is 4. The molecule has 3 saturated heterocycles. The first kappa shape index (κ1) is 24.0. The van der Waals surface area contributed by atoms with Gasteiger partial charge in [0.1, 0.15) is 24.4 Å². The Morgan fingerprint density at radius 1 is 1.23 bits per heavy atom. The Morgan fingerprint density at radius 2 is 1.97 bits per heavy atom. The normalized spacial score (nSPS) is 38.0. The molecule has 10 heteroatoms. The van der Waals surface area contributed by atoms with Gasteiger partial charge in [-0.1, -0.05) is 19.2 Å². The second kappa shape index (κ2) is 8.46. The molecule has 3 aliphatic heterocycles. The van der Waals surface area contributed by atoms with Crippen LogP contribution in [0, 0.1) is 5.92 Å². The van der Waals surface area contributed by atoms with E-state index in [0.29, 0.717) is 15.8 Å². The number of furan rings is 1. The van der Waals surface area contributed by atoms with Crippen molar-refractivity contribution in [1.82, 2.24) is 0 Å². The summed E-state index contributed by atoms with van der Waals surface area (Å²) in [4.78, 5) is 38.4. The number of fused-ring (bicyclic) bond motifs is 4. The van der Waals surface area contributed by atoms with Crippen LogP contribution in [0.15, 0.2) is 57.2 Å². The van der Waals surface area contributed by atoms with Gasteiger partial charge in [-0.25, -0.2) is 14.4 Å². The van der Waals surface area contributed by atoms with Gasteiger partial charge in [0.2, 0.25) is 5.76 Å². The Morgan fingerprint density at radius 3 is 2.63 bits per heavy atom. The lowest BCUT2D eigenvalue weighted by Gasteiger charge is -2.33. The zero-order chi connectivity index (χ0) is 25.2. The van der Waals surface area contributed by atoms with Crippen molar-refractivity contribution in [1.29, 1.82) is 0 Å². The number of esters is 3. The Hall–Kier alpha value is -2.69. The van der Waals surface area contributed by atoms with Crippen LogP contribution in [0.3, 0.4) is 0 Å². The van der Waals surface area contributed by atoms with Gasteiger partial charge < -0.3 is 28.1 Å². The van der Waals surface area contributed by atoms with E-state index in [4.69, 9.17) is 28.1 Å². The van der Waals surface area contributed by atoms with Crippen molar-refractivity contribution >= 4 is 33.8 Å². The molecule has 186 valence electrons. The van der Waals surface area contributed by atoms with Crippen LogP contribution < -0.4 is 0 Å². The second-order valence-electron chi connectivity index (χ2n) is 9.42. The minimum absolute atomic E-state index is 0.0421. The minimum Gasteiger partial charge on any atom is -0.458 e. The topological polar surface area (TPSA) is 117 Å². The van der Waals surface area contributed by atoms with Crippen molar-refractivity contribution in [3.8, 4) is 0 Å². The van der Waals surface area contributed by atoms with Crippen LogP contribution >= 0.6 is 15.9 Å². The molecule has 5 rings (SSSR count). The fourth-order valence-corrected chi connectivity index (χ4v) is 5.19. The van der Waals surface area contributed by atoms with Gasteiger partial charge in [0.15, 0.2) is 16.9 Å². The third-order valence-electron chi connectivity index (χ3n) is 7.08. The molecule has 0 N–H and O–H groups in total. The number of epoxide rings is 2. The van der Waals surface area contributed by atoms with Crippen molar-refractivity contribution in [2.45, 2.75) is 69.4 Å². The van der Waals surface area contributed by atoms with E-state index < -0.39 is 53.8 Å². The third kappa shape index (κ3) is 4.17. The summed E-state index contributed by atoms with van der Waals surface area (Å²) in [7, 11) is 0. The monoisotopic (exact) mass is 548 g/mol. The molecule has 0 bridgehead atoms. The van der Waals surface area contributed by atoms with Crippen LogP contribution in [0.4, 0.5) is 0 Å². The molecule has 8 unspecified atom stereocenters. The lowest BCUT2D eigenvalue weighted by atomic mass is 9.79. The van der Waals surface area contributed by atoms with Gasteiger partial charge in [-0.2, -0.15) is 0 Å². The fraction of sp³-hybridized carbons (Fsp3) is 0.480. The Kier molecular flexibility index (Phi) is 5.81. The molecular weight excluding hydrogens is 524 g/mol. The maximum absolute atomic E-state index is 12.9. The number of ether oxygens (including phenoxy) is 5. The highest BCUT2D eigenvalue weighted by Crippen LogP contribution is 2.54. The summed E-state index contributed by atoms with van der Waals surface area (Å²) in [5, 5.41) is 0. The molecule has 4 fully saturated rings. The van der Waals surface area contributed by atoms with E-state index in [9.17, 15) is 14.4 Å². The largest absolute Gasteiger partial charge is 0.458 e. The quantitative estimate of drug-likeness (QED) is 0.183. The van der Waals surface area contributed by atoms with E-state index in [-0.39, 0.29) is 30.0 Å². The third-order valence-corrected chi connectivity index (χ3v) is 7.51. The van der Waals surface area contributed by atoms with E-state index >= 15 is 0 Å². The maximum atomic E-state index is 12.9. The highest BCUT2D eigenvalue weighted by Gasteiger charge is 2.69. The second-order valence-corrected chi connectivity index (χ2v) is 10.2. The summed E-state index contributed by atoms with van der Waals surface area (Å²) in [6.45, 7) is 13.3. The highest BCUT2D eigenvalue weighted by atomic mass is 79.9. The lowest BCUT2D eigenvalue weighted by Crippen LogP contribution is -2.46. The van der Waals surface area contributed by atoms with E-state index in [1.54, 1.807) is 26.0 Å². The summed E-state index contributed by atoms with van der Waals surface area (Å²) < 4.78 is 34.8. The van der Waals surface area contributed by atoms with Gasteiger partial charge in [-0.05, 0) is 54.4 Å². The van der Waals surface area contributed by atoms with Crippen molar-refractivity contribution in [3.63, 3.8) is 0 Å². The van der Waals surface area contributed by atoms with Crippen LogP contribution in [0.1, 0.15) is 37.7 Å². The summed E-state index contributed by atoms with van der Waals surface area (Å²) >= 11 is 3.16. The van der Waals surface area contributed by atoms with Crippen LogP contribution in [-0.2, 0) is 33.3 Å². The fourth-order valence-electron chi connectivity index (χ4n) is 4.88. The van der Waals surface area contributed by atoms with Crippen LogP contribution in [0.2, 0.25) is 0 Å². The molecular formula is C25H25BrO9. The molecule has 0 radical (unpaired) electrons. The molecule has 1 saturated carbocycles. The molecule has 4 heterocycles. The number of carbonyl (C=O) groups is 3. The van der Waals surface area contributed by atoms with Gasteiger partial charge in [0.05, 0.1) is 11.5 Å². The van der Waals surface area contributed by atoms with Gasteiger partial charge in [-0.3, -0.25) is 0 Å². The Bertz CT molecular complexity index is 1170. The summed E-state index contributed by atoms with van der Waals surface area (Å²) in [5.74, 6) is -2.81. The van der Waals surface area contributed by atoms with Gasteiger partial charge in [-0.15, -0.1) is 0 Å². The molecule has 8 atom stereocenters. The van der Waals surface area contributed by atoms with Crippen LogP contribution in [0.5, 0.6) is 0 Å². The summed E-state index contributed by atoms with van der Waals surface area (Å²) in [6.07, 6.45) is -2.04. The van der Waals surface area contributed by atoms with Crippen molar-refractivity contribution in [3.05, 3.63) is 58.5 Å². The predicted octanol–water partition coefficient (Wildman–Crippen LogP) is 3.43. The number of halogens is 1. The SMILES string of the molecule is C=C1C(OC(=O)c2ccc(Br)o2)C2OC(=O)C(=C)C2C(OC(=O)C(C)=CC)CC2(C)OC2C2OC12. The summed E-state index contributed by atoms with van der Waals surface area (Å²) in [6, 6.07) is 3.01. The predicted molar refractivity (Wildman–Crippen MR) is 123 cm³/mol. The van der Waals surface area contributed by atoms with Gasteiger partial charge in [0, 0.05) is 17.6 Å². The Balaban J connectivity index is 1.52. The molecule has 1 aromatic heterocycles. The smallest absolute Gasteiger partial charge is 0.375 e. The van der Waals surface area contributed by atoms with Crippen LogP contribution in [0.25, 0.3) is 0 Å². The van der Waals surface area contributed by atoms with Crippen LogP contribution in [-0.4, -0.2) is 60.1 Å². The van der Waals surface area contributed by atoms with E-state index in [1.807, 2.05) is 6.92 Å². The molecule has 35 heavy (non-hydrogen) atoms. The Labute approximate surface area is 210 Å². The van der Waals surface area contributed by atoms with Crippen molar-refractivity contribution in [2.75, 3.05) is 0 Å². The van der Waals surface area contributed by atoms with Crippen molar-refractivity contribution in [2.24, 2.45) is 5.92 Å². The average Bonchev–Trinajstić information content (AvgIpc) is 3.65. The first-order valence-corrected chi connectivity index (χ1v) is 12.1. The molecule has 0 amide bonds. The van der Waals surface area contributed by atoms with E-state index in [0.717, 1.165) is 0 Å². The molecule has 9 nitrogen and oxygen atoms in total. The highest BCUT2D eigenvalue weighted by molar-refractivity contribution is 9.10. The first-order chi connectivity index (χ1) is 16.5. The number of hydrogen-bond acceptors (Lipinski definition) is 9. The molecule has 4 aliphatic rings. The molecule has 1 aromatic rings. The molecule has 0 spiro atoms. The number of allylic oxidation sites excluding steroid dienone is 1. The average molecular weight is 549 g/mol. The standard InChI is InChI=1S/C25H25BrO9/c1-6-10(2)22(27)31-14-9-25(5)21(35-25)20-18(32-20)12(4)17(19-16(14)11(3)23(28)34-19)33-24(29)13-7-8-15(26)30-13/h6-8,14,16-21H,3-4,9H2,1-2,5H3. The van der Waals surface area contributed by atoms with E-state index in [2.05, 4.69) is 29.1 Å². The molecule has 1 aliphatic carbocycles. The number of carbonyl (C=O) groups excluding carboxylic acids is 3. The van der Waals surface area contributed by atoms with Crippen molar-refractivity contribution < 1.29 is 42.5 Å². The zero-order valence-electron chi connectivity index (χ0n) is 19.4. The van der Waals surface area contributed by atoms with Gasteiger partial charge >= 0.3 is 17.9 Å². The summed E-state index contributed by atoms with van der Waals surface area (Å²) in [5.41, 5.74) is 0.319.